The van der Waals surface area contributed by atoms with Crippen molar-refractivity contribution in [1.29, 1.82) is 0 Å². The summed E-state index contributed by atoms with van der Waals surface area (Å²) in [5.41, 5.74) is 2.80. The van der Waals surface area contributed by atoms with Crippen molar-refractivity contribution < 1.29 is 0 Å². The third-order valence-electron chi connectivity index (χ3n) is 3.03. The maximum Gasteiger partial charge on any atom is 0.0480 e. The number of rotatable bonds is 5. The first-order chi connectivity index (χ1) is 7.83. The van der Waals surface area contributed by atoms with Gasteiger partial charge in [-0.3, -0.25) is 0 Å². The highest BCUT2D eigenvalue weighted by Gasteiger charge is 2.04. The first-order valence-corrected chi connectivity index (χ1v) is 6.06. The van der Waals surface area contributed by atoms with Gasteiger partial charge in [0, 0.05) is 24.1 Å². The lowest BCUT2D eigenvalue weighted by Crippen LogP contribution is -2.14. The predicted octanol–water partition coefficient (Wildman–Crippen LogP) is 2.72. The molecule has 0 aliphatic carbocycles. The van der Waals surface area contributed by atoms with Gasteiger partial charge in [-0.05, 0) is 37.6 Å². The van der Waals surface area contributed by atoms with E-state index in [0.717, 1.165) is 19.5 Å². The number of benzene rings is 1. The molecule has 0 amide bonds. The van der Waals surface area contributed by atoms with Gasteiger partial charge in [0.2, 0.25) is 0 Å². The maximum absolute atomic E-state index is 3.37. The zero-order chi connectivity index (χ0) is 11.4. The smallest absolute Gasteiger partial charge is 0.0480 e. The van der Waals surface area contributed by atoms with Crippen molar-refractivity contribution in [2.45, 2.75) is 19.8 Å². The van der Waals surface area contributed by atoms with Crippen LogP contribution in [0.4, 0.5) is 0 Å². The molecule has 1 heterocycles. The van der Waals surface area contributed by atoms with Crippen LogP contribution in [0.15, 0.2) is 30.5 Å². The Morgan fingerprint density at radius 1 is 1.25 bits per heavy atom. The molecule has 16 heavy (non-hydrogen) atoms. The van der Waals surface area contributed by atoms with E-state index < -0.39 is 0 Å². The molecule has 0 spiro atoms. The molecule has 1 aromatic carbocycles. The van der Waals surface area contributed by atoms with Gasteiger partial charge in [0.1, 0.15) is 0 Å². The quantitative estimate of drug-likeness (QED) is 0.760. The molecule has 0 radical (unpaired) electrons. The monoisotopic (exact) mass is 216 g/mol. The fourth-order valence-corrected chi connectivity index (χ4v) is 2.21. The number of fused-ring (bicyclic) bond motifs is 1. The molecule has 0 atom stereocenters. The van der Waals surface area contributed by atoms with Crippen molar-refractivity contribution in [2.24, 2.45) is 7.05 Å². The number of aromatic nitrogens is 1. The van der Waals surface area contributed by atoms with Gasteiger partial charge in [-0.2, -0.15) is 0 Å². The standard InChI is InChI=1S/C14H20N2/c1-3-15-10-6-7-12-11-16(2)14-9-5-4-8-13(12)14/h4-5,8-9,11,15H,3,6-7,10H2,1-2H3. The molecule has 2 rings (SSSR count). The number of para-hydroxylation sites is 1. The summed E-state index contributed by atoms with van der Waals surface area (Å²) in [7, 11) is 2.12. The van der Waals surface area contributed by atoms with Crippen LogP contribution in [0.1, 0.15) is 18.9 Å². The largest absolute Gasteiger partial charge is 0.350 e. The highest BCUT2D eigenvalue weighted by molar-refractivity contribution is 5.83. The van der Waals surface area contributed by atoms with Crippen LogP contribution in [0.5, 0.6) is 0 Å². The number of nitrogens with one attached hydrogen (secondary N) is 1. The Bertz CT molecular complexity index is 457. The first kappa shape index (κ1) is 11.2. The Hall–Kier alpha value is -1.28. The molecule has 2 aromatic rings. The van der Waals surface area contributed by atoms with E-state index in [2.05, 4.69) is 54.3 Å². The van der Waals surface area contributed by atoms with Crippen LogP contribution >= 0.6 is 0 Å². The zero-order valence-electron chi connectivity index (χ0n) is 10.2. The normalized spacial score (nSPS) is 11.1. The fraction of sp³-hybridized carbons (Fsp3) is 0.429. The van der Waals surface area contributed by atoms with Crippen molar-refractivity contribution in [1.82, 2.24) is 9.88 Å². The molecule has 0 saturated carbocycles. The molecule has 0 aliphatic rings. The van der Waals surface area contributed by atoms with Crippen molar-refractivity contribution in [3.63, 3.8) is 0 Å². The topological polar surface area (TPSA) is 17.0 Å². The summed E-state index contributed by atoms with van der Waals surface area (Å²) < 4.78 is 2.22. The Morgan fingerprint density at radius 2 is 2.06 bits per heavy atom. The van der Waals surface area contributed by atoms with Gasteiger partial charge in [0.25, 0.3) is 0 Å². The Kier molecular flexibility index (Phi) is 3.62. The Morgan fingerprint density at radius 3 is 2.88 bits per heavy atom. The third-order valence-corrected chi connectivity index (χ3v) is 3.03. The lowest BCUT2D eigenvalue weighted by Gasteiger charge is -2.00. The molecule has 1 aromatic heterocycles. The number of hydrogen-bond donors (Lipinski definition) is 1. The van der Waals surface area contributed by atoms with Gasteiger partial charge in [0.05, 0.1) is 0 Å². The van der Waals surface area contributed by atoms with E-state index in [1.54, 1.807) is 0 Å². The highest BCUT2D eigenvalue weighted by Crippen LogP contribution is 2.21. The molecule has 0 bridgehead atoms. The average Bonchev–Trinajstić information content (AvgIpc) is 2.63. The molecule has 0 saturated heterocycles. The van der Waals surface area contributed by atoms with Gasteiger partial charge in [0.15, 0.2) is 0 Å². The number of nitrogens with zero attached hydrogens (tertiary/aromatic N) is 1. The molecule has 0 aliphatic heterocycles. The Balaban J connectivity index is 2.12. The maximum atomic E-state index is 3.37. The van der Waals surface area contributed by atoms with E-state index in [1.807, 2.05) is 0 Å². The summed E-state index contributed by atoms with van der Waals surface area (Å²) >= 11 is 0. The number of hydrogen-bond acceptors (Lipinski definition) is 1. The van der Waals surface area contributed by atoms with E-state index >= 15 is 0 Å². The summed E-state index contributed by atoms with van der Waals surface area (Å²) in [4.78, 5) is 0. The second-order valence-electron chi connectivity index (χ2n) is 4.24. The molecule has 2 nitrogen and oxygen atoms in total. The van der Waals surface area contributed by atoms with Crippen LogP contribution in [0.3, 0.4) is 0 Å². The second kappa shape index (κ2) is 5.17. The van der Waals surface area contributed by atoms with Gasteiger partial charge in [-0.1, -0.05) is 25.1 Å². The van der Waals surface area contributed by atoms with Gasteiger partial charge in [-0.15, -0.1) is 0 Å². The summed E-state index contributed by atoms with van der Waals surface area (Å²) in [6, 6.07) is 8.63. The Labute approximate surface area is 97.3 Å². The predicted molar refractivity (Wildman–Crippen MR) is 69.8 cm³/mol. The van der Waals surface area contributed by atoms with E-state index in [-0.39, 0.29) is 0 Å². The molecular formula is C14H20N2. The first-order valence-electron chi connectivity index (χ1n) is 6.06. The minimum atomic E-state index is 1.07. The van der Waals surface area contributed by atoms with Crippen molar-refractivity contribution in [3.05, 3.63) is 36.0 Å². The fourth-order valence-electron chi connectivity index (χ4n) is 2.21. The van der Waals surface area contributed by atoms with E-state index in [4.69, 9.17) is 0 Å². The van der Waals surface area contributed by atoms with E-state index in [1.165, 1.54) is 22.9 Å². The minimum Gasteiger partial charge on any atom is -0.350 e. The molecule has 0 fully saturated rings. The lowest BCUT2D eigenvalue weighted by atomic mass is 10.1. The lowest BCUT2D eigenvalue weighted by molar-refractivity contribution is 0.673. The molecule has 86 valence electrons. The third kappa shape index (κ3) is 2.27. The second-order valence-corrected chi connectivity index (χ2v) is 4.24. The van der Waals surface area contributed by atoms with E-state index in [0.29, 0.717) is 0 Å². The van der Waals surface area contributed by atoms with Gasteiger partial charge in [-0.25, -0.2) is 0 Å². The molecule has 0 unspecified atom stereocenters. The van der Waals surface area contributed by atoms with Crippen molar-refractivity contribution >= 4 is 10.9 Å². The van der Waals surface area contributed by atoms with E-state index in [9.17, 15) is 0 Å². The summed E-state index contributed by atoms with van der Waals surface area (Å²) in [6.45, 7) is 4.33. The van der Waals surface area contributed by atoms with Crippen LogP contribution < -0.4 is 5.32 Å². The van der Waals surface area contributed by atoms with Crippen LogP contribution in [-0.4, -0.2) is 17.7 Å². The molecule has 1 N–H and O–H groups in total. The SMILES string of the molecule is CCNCCCc1cn(C)c2ccccc12. The van der Waals surface area contributed by atoms with Crippen LogP contribution in [-0.2, 0) is 13.5 Å². The average molecular weight is 216 g/mol. The van der Waals surface area contributed by atoms with Crippen molar-refractivity contribution in [2.75, 3.05) is 13.1 Å². The van der Waals surface area contributed by atoms with Crippen LogP contribution in [0.25, 0.3) is 10.9 Å². The van der Waals surface area contributed by atoms with Gasteiger partial charge < -0.3 is 9.88 Å². The summed E-state index contributed by atoms with van der Waals surface area (Å²) in [5.74, 6) is 0. The van der Waals surface area contributed by atoms with Crippen LogP contribution in [0.2, 0.25) is 0 Å². The van der Waals surface area contributed by atoms with Crippen LogP contribution in [0, 0.1) is 0 Å². The molecule has 2 heteroatoms. The van der Waals surface area contributed by atoms with Crippen molar-refractivity contribution in [3.8, 4) is 0 Å². The molecular weight excluding hydrogens is 196 g/mol. The minimum absolute atomic E-state index is 1.07. The summed E-state index contributed by atoms with van der Waals surface area (Å²) in [5, 5.41) is 4.77. The van der Waals surface area contributed by atoms with Gasteiger partial charge >= 0.3 is 0 Å². The number of aryl methyl sites for hydroxylation is 2. The highest BCUT2D eigenvalue weighted by atomic mass is 14.9. The zero-order valence-corrected chi connectivity index (χ0v) is 10.2. The summed E-state index contributed by atoms with van der Waals surface area (Å²) in [6.07, 6.45) is 4.63.